The van der Waals surface area contributed by atoms with Crippen LogP contribution in [0.2, 0.25) is 0 Å². The number of nitrogens with zero attached hydrogens (tertiary/aromatic N) is 4. The summed E-state index contributed by atoms with van der Waals surface area (Å²) in [5.41, 5.74) is 2.68. The minimum absolute atomic E-state index is 0. The summed E-state index contributed by atoms with van der Waals surface area (Å²) < 4.78 is 1.67. The quantitative estimate of drug-likeness (QED) is 0.412. The van der Waals surface area contributed by atoms with Gasteiger partial charge in [-0.3, -0.25) is 4.79 Å². The van der Waals surface area contributed by atoms with Crippen molar-refractivity contribution in [1.29, 1.82) is 0 Å². The lowest BCUT2D eigenvalue weighted by molar-refractivity contribution is 0.405. The van der Waals surface area contributed by atoms with Gasteiger partial charge in [-0.1, -0.05) is 5.21 Å². The summed E-state index contributed by atoms with van der Waals surface area (Å²) in [6.45, 7) is 1.73. The van der Waals surface area contributed by atoms with Crippen LogP contribution in [-0.2, 0) is 0 Å². The molecule has 0 spiro atoms. The first kappa shape index (κ1) is 18.2. The maximum absolute atomic E-state index is 13.1. The SMILES string of the molecule is CN(C)CCCNc1ccc2nnn3c4ccc(O)cc4c(=O)c1c23.Cl. The normalized spacial score (nSPS) is 11.5. The van der Waals surface area contributed by atoms with Crippen molar-refractivity contribution in [1.82, 2.24) is 19.7 Å². The van der Waals surface area contributed by atoms with Crippen molar-refractivity contribution in [3.05, 3.63) is 40.6 Å². The van der Waals surface area contributed by atoms with Gasteiger partial charge in [0.05, 0.1) is 16.3 Å². The average molecular weight is 374 g/mol. The molecule has 136 valence electrons. The first-order valence-corrected chi connectivity index (χ1v) is 8.21. The Balaban J connectivity index is 0.00000196. The molecule has 0 radical (unpaired) electrons. The highest BCUT2D eigenvalue weighted by molar-refractivity contribution is 6.06. The molecule has 2 N–H and O–H groups in total. The highest BCUT2D eigenvalue weighted by Crippen LogP contribution is 2.28. The number of aromatic hydroxyl groups is 1. The molecule has 2 heterocycles. The van der Waals surface area contributed by atoms with Gasteiger partial charge in [-0.25, -0.2) is 4.52 Å². The Morgan fingerprint density at radius 2 is 2.04 bits per heavy atom. The molecule has 4 rings (SSSR count). The summed E-state index contributed by atoms with van der Waals surface area (Å²) in [5.74, 6) is 0.0586. The third-order valence-corrected chi connectivity index (χ3v) is 4.39. The maximum Gasteiger partial charge on any atom is 0.199 e. The van der Waals surface area contributed by atoms with Gasteiger partial charge >= 0.3 is 0 Å². The molecule has 0 aliphatic carbocycles. The van der Waals surface area contributed by atoms with Crippen LogP contribution in [0.4, 0.5) is 5.69 Å². The van der Waals surface area contributed by atoms with Crippen molar-refractivity contribution in [3.63, 3.8) is 0 Å². The number of halogens is 1. The fraction of sp³-hybridized carbons (Fsp3) is 0.278. The Morgan fingerprint density at radius 3 is 2.81 bits per heavy atom. The third kappa shape index (κ3) is 2.89. The van der Waals surface area contributed by atoms with E-state index in [2.05, 4.69) is 20.5 Å². The van der Waals surface area contributed by atoms with E-state index in [1.54, 1.807) is 16.6 Å². The van der Waals surface area contributed by atoms with Crippen molar-refractivity contribution in [2.75, 3.05) is 32.5 Å². The van der Waals surface area contributed by atoms with Crippen molar-refractivity contribution in [2.45, 2.75) is 6.42 Å². The van der Waals surface area contributed by atoms with Crippen LogP contribution in [0.1, 0.15) is 6.42 Å². The van der Waals surface area contributed by atoms with E-state index in [1.165, 1.54) is 6.07 Å². The lowest BCUT2D eigenvalue weighted by Crippen LogP contribution is -2.17. The Labute approximate surface area is 156 Å². The molecule has 4 aromatic rings. The summed E-state index contributed by atoms with van der Waals surface area (Å²) >= 11 is 0. The van der Waals surface area contributed by atoms with Gasteiger partial charge in [-0.2, -0.15) is 0 Å². The molecule has 0 saturated carbocycles. The first-order chi connectivity index (χ1) is 12.1. The van der Waals surface area contributed by atoms with E-state index in [-0.39, 0.29) is 23.6 Å². The topological polar surface area (TPSA) is 82.8 Å². The predicted octanol–water partition coefficient (Wildman–Crippen LogP) is 2.32. The number of benzene rings is 2. The predicted molar refractivity (Wildman–Crippen MR) is 106 cm³/mol. The van der Waals surface area contributed by atoms with E-state index in [9.17, 15) is 9.90 Å². The second-order valence-electron chi connectivity index (χ2n) is 6.47. The molecule has 7 nitrogen and oxygen atoms in total. The number of aromatic nitrogens is 3. The molecule has 0 unspecified atom stereocenters. The van der Waals surface area contributed by atoms with Crippen LogP contribution in [0.3, 0.4) is 0 Å². The molecule has 26 heavy (non-hydrogen) atoms. The van der Waals surface area contributed by atoms with Crippen LogP contribution in [0.25, 0.3) is 27.3 Å². The van der Waals surface area contributed by atoms with Crippen molar-refractivity contribution in [3.8, 4) is 5.75 Å². The number of rotatable bonds is 5. The van der Waals surface area contributed by atoms with Crippen LogP contribution < -0.4 is 10.7 Å². The number of nitrogens with one attached hydrogen (secondary N) is 1. The zero-order valence-electron chi connectivity index (χ0n) is 14.6. The van der Waals surface area contributed by atoms with E-state index >= 15 is 0 Å². The van der Waals surface area contributed by atoms with Crippen LogP contribution >= 0.6 is 12.4 Å². The summed E-state index contributed by atoms with van der Waals surface area (Å²) in [6, 6.07) is 8.47. The monoisotopic (exact) mass is 373 g/mol. The number of anilines is 1. The maximum atomic E-state index is 13.1. The van der Waals surface area contributed by atoms with Gasteiger partial charge in [-0.05, 0) is 57.4 Å². The third-order valence-electron chi connectivity index (χ3n) is 4.39. The number of phenols is 1. The second-order valence-corrected chi connectivity index (χ2v) is 6.47. The standard InChI is InChI=1S/C18H19N5O2.ClH/c1-22(2)9-3-8-19-13-5-6-14-17-16(13)18(25)12-10-11(24)4-7-15(12)23(17)21-20-14;/h4-7,10,19,24H,3,8-9H2,1-2H3;1H. The summed E-state index contributed by atoms with van der Waals surface area (Å²) in [4.78, 5) is 15.2. The fourth-order valence-electron chi connectivity index (χ4n) is 3.20. The smallest absolute Gasteiger partial charge is 0.199 e. The second kappa shape index (κ2) is 6.93. The Hall–Kier alpha value is -2.64. The molecule has 8 heteroatoms. The van der Waals surface area contributed by atoms with Gasteiger partial charge in [0, 0.05) is 12.2 Å². The van der Waals surface area contributed by atoms with Crippen molar-refractivity contribution >= 4 is 45.4 Å². The van der Waals surface area contributed by atoms with E-state index in [4.69, 9.17) is 0 Å². The summed E-state index contributed by atoms with van der Waals surface area (Å²) in [7, 11) is 4.07. The molecule has 0 bridgehead atoms. The summed E-state index contributed by atoms with van der Waals surface area (Å²) in [6.07, 6.45) is 0.966. The zero-order valence-corrected chi connectivity index (χ0v) is 15.4. The molecule has 2 aromatic carbocycles. The van der Waals surface area contributed by atoms with Gasteiger partial charge in [0.15, 0.2) is 5.43 Å². The number of pyridine rings is 1. The largest absolute Gasteiger partial charge is 0.508 e. The lowest BCUT2D eigenvalue weighted by atomic mass is 10.1. The van der Waals surface area contributed by atoms with Gasteiger partial charge in [0.1, 0.15) is 16.8 Å². The van der Waals surface area contributed by atoms with E-state index in [0.717, 1.165) is 25.2 Å². The minimum atomic E-state index is -0.124. The molecule has 0 amide bonds. The molecule has 0 aliphatic heterocycles. The van der Waals surface area contributed by atoms with Crippen molar-refractivity contribution in [2.24, 2.45) is 0 Å². The molecular formula is C18H20ClN5O2. The number of hydrogen-bond donors (Lipinski definition) is 2. The number of hydrogen-bond acceptors (Lipinski definition) is 6. The molecule has 2 aromatic heterocycles. The highest BCUT2D eigenvalue weighted by atomic mass is 35.5. The van der Waals surface area contributed by atoms with Crippen LogP contribution in [0.5, 0.6) is 5.75 Å². The average Bonchev–Trinajstić information content (AvgIpc) is 3.01. The molecule has 0 saturated heterocycles. The first-order valence-electron chi connectivity index (χ1n) is 8.21. The van der Waals surface area contributed by atoms with E-state index in [0.29, 0.717) is 27.3 Å². The molecular weight excluding hydrogens is 354 g/mol. The molecule has 0 fully saturated rings. The van der Waals surface area contributed by atoms with Crippen molar-refractivity contribution < 1.29 is 5.11 Å². The van der Waals surface area contributed by atoms with Crippen LogP contribution in [-0.4, -0.2) is 52.0 Å². The number of fused-ring (bicyclic) bond motifs is 2. The molecule has 0 atom stereocenters. The number of phenolic OH excluding ortho intramolecular Hbond substituents is 1. The van der Waals surface area contributed by atoms with E-state index < -0.39 is 0 Å². The fourth-order valence-corrected chi connectivity index (χ4v) is 3.20. The Kier molecular flexibility index (Phi) is 4.84. The molecule has 0 aliphatic rings. The Morgan fingerprint density at radius 1 is 1.23 bits per heavy atom. The van der Waals surface area contributed by atoms with Crippen LogP contribution in [0, 0.1) is 0 Å². The van der Waals surface area contributed by atoms with Crippen LogP contribution in [0.15, 0.2) is 35.1 Å². The zero-order chi connectivity index (χ0) is 17.6. The highest BCUT2D eigenvalue weighted by Gasteiger charge is 2.17. The summed E-state index contributed by atoms with van der Waals surface area (Å²) in [5, 5.41) is 22.5. The minimum Gasteiger partial charge on any atom is -0.508 e. The lowest BCUT2D eigenvalue weighted by Gasteiger charge is -2.12. The van der Waals surface area contributed by atoms with Gasteiger partial charge in [-0.15, -0.1) is 17.5 Å². The van der Waals surface area contributed by atoms with Gasteiger partial charge < -0.3 is 15.3 Å². The van der Waals surface area contributed by atoms with E-state index in [1.807, 2.05) is 26.2 Å². The Bertz CT molecular complexity index is 1130. The van der Waals surface area contributed by atoms with Gasteiger partial charge in [0.2, 0.25) is 0 Å². The van der Waals surface area contributed by atoms with Gasteiger partial charge in [0.25, 0.3) is 0 Å².